The fourth-order valence-electron chi connectivity index (χ4n) is 2.69. The number of likely N-dealkylation sites (N-methyl/N-ethyl adjacent to an activating group) is 1. The summed E-state index contributed by atoms with van der Waals surface area (Å²) in [5, 5.41) is 0.571. The molecule has 7 heteroatoms. The van der Waals surface area contributed by atoms with Gasteiger partial charge in [-0.1, -0.05) is 18.2 Å². The van der Waals surface area contributed by atoms with Crippen molar-refractivity contribution in [2.45, 2.75) is 19.0 Å². The fraction of sp³-hybridized carbons (Fsp3) is 0.333. The van der Waals surface area contributed by atoms with Crippen molar-refractivity contribution >= 4 is 40.5 Å². The smallest absolute Gasteiger partial charge is 0.244 e. The molecule has 1 atom stereocenters. The van der Waals surface area contributed by atoms with Crippen LogP contribution in [0.3, 0.4) is 0 Å². The van der Waals surface area contributed by atoms with Crippen LogP contribution in [0.4, 0.5) is 10.8 Å². The zero-order valence-electron chi connectivity index (χ0n) is 12.3. The van der Waals surface area contributed by atoms with Gasteiger partial charge in [0.2, 0.25) is 5.91 Å². The van der Waals surface area contributed by atoms with Gasteiger partial charge in [0.1, 0.15) is 0 Å². The first-order valence-corrected chi connectivity index (χ1v) is 7.73. The fourth-order valence-corrected chi connectivity index (χ4v) is 3.44. The van der Waals surface area contributed by atoms with Gasteiger partial charge in [-0.25, -0.2) is 4.98 Å². The highest BCUT2D eigenvalue weighted by atomic mass is 35.5. The highest BCUT2D eigenvalue weighted by Gasteiger charge is 2.35. The van der Waals surface area contributed by atoms with Crippen molar-refractivity contribution in [2.75, 3.05) is 24.2 Å². The van der Waals surface area contributed by atoms with Crippen LogP contribution in [0, 0.1) is 0 Å². The lowest BCUT2D eigenvalue weighted by Crippen LogP contribution is -2.39. The van der Waals surface area contributed by atoms with Crippen LogP contribution in [-0.4, -0.2) is 35.4 Å². The Bertz CT molecular complexity index is 633. The molecule has 1 amide bonds. The topological polar surface area (TPSA) is 62.5 Å². The van der Waals surface area contributed by atoms with Crippen molar-refractivity contribution in [1.29, 1.82) is 0 Å². The molecule has 0 aliphatic carbocycles. The third kappa shape index (κ3) is 3.40. The molecule has 3 rings (SSSR count). The molecule has 22 heavy (non-hydrogen) atoms. The van der Waals surface area contributed by atoms with E-state index in [-0.39, 0.29) is 24.4 Å². The number of nitrogens with two attached hydrogens (primary N) is 1. The lowest BCUT2D eigenvalue weighted by Gasteiger charge is -2.23. The number of aromatic nitrogens is 1. The van der Waals surface area contributed by atoms with E-state index in [0.29, 0.717) is 11.7 Å². The molecule has 0 spiro atoms. The average Bonchev–Trinajstić information content (AvgIpc) is 3.06. The molecule has 1 saturated heterocycles. The number of carbonyl (C=O) groups is 1. The predicted molar refractivity (Wildman–Crippen MR) is 92.4 cm³/mol. The number of hydrogen-bond acceptors (Lipinski definition) is 5. The number of halogens is 1. The summed E-state index contributed by atoms with van der Waals surface area (Å²) in [6.07, 6.45) is 2.63. The molecular formula is C15H19ClN4OS. The molecule has 1 aromatic heterocycles. The van der Waals surface area contributed by atoms with Gasteiger partial charge in [-0.3, -0.25) is 9.69 Å². The van der Waals surface area contributed by atoms with E-state index in [4.69, 9.17) is 5.73 Å². The number of benzene rings is 1. The number of anilines is 2. The SMILES string of the molecule is CN(Cc1cnc(N)s1)C1CCN(c2ccccc2)C1=O.Cl. The molecule has 0 bridgehead atoms. The standard InChI is InChI=1S/C15H18N4OS.ClH/c1-18(10-12-9-17-15(16)21-12)13-7-8-19(14(13)20)11-5-3-2-4-6-11;/h2-6,9,13H,7-8,10H2,1H3,(H2,16,17);1H. The number of rotatable bonds is 4. The average molecular weight is 339 g/mol. The van der Waals surface area contributed by atoms with Crippen LogP contribution < -0.4 is 10.6 Å². The van der Waals surface area contributed by atoms with E-state index >= 15 is 0 Å². The van der Waals surface area contributed by atoms with E-state index in [9.17, 15) is 4.79 Å². The third-order valence-corrected chi connectivity index (χ3v) is 4.57. The lowest BCUT2D eigenvalue weighted by molar-refractivity contribution is -0.121. The van der Waals surface area contributed by atoms with Crippen molar-refractivity contribution in [1.82, 2.24) is 9.88 Å². The van der Waals surface area contributed by atoms with Crippen molar-refractivity contribution in [3.8, 4) is 0 Å². The number of amides is 1. The van der Waals surface area contributed by atoms with Gasteiger partial charge in [0, 0.05) is 29.9 Å². The molecule has 0 radical (unpaired) electrons. The van der Waals surface area contributed by atoms with E-state index in [2.05, 4.69) is 9.88 Å². The maximum atomic E-state index is 12.6. The van der Waals surface area contributed by atoms with E-state index in [1.165, 1.54) is 11.3 Å². The van der Waals surface area contributed by atoms with Crippen LogP contribution >= 0.6 is 23.7 Å². The minimum absolute atomic E-state index is 0. The molecule has 1 aliphatic rings. The monoisotopic (exact) mass is 338 g/mol. The summed E-state index contributed by atoms with van der Waals surface area (Å²) >= 11 is 1.47. The number of carbonyl (C=O) groups excluding carboxylic acids is 1. The molecule has 1 aliphatic heterocycles. The van der Waals surface area contributed by atoms with E-state index in [1.807, 2.05) is 42.3 Å². The first kappa shape index (κ1) is 16.7. The highest BCUT2D eigenvalue weighted by Crippen LogP contribution is 2.25. The lowest BCUT2D eigenvalue weighted by atomic mass is 10.2. The Kier molecular flexibility index (Phi) is 5.39. The molecule has 2 aromatic rings. The van der Waals surface area contributed by atoms with E-state index in [0.717, 1.165) is 23.5 Å². The summed E-state index contributed by atoms with van der Waals surface area (Å²) in [7, 11) is 1.98. The molecule has 118 valence electrons. The highest BCUT2D eigenvalue weighted by molar-refractivity contribution is 7.15. The third-order valence-electron chi connectivity index (χ3n) is 3.75. The number of para-hydroxylation sites is 1. The first-order chi connectivity index (χ1) is 10.1. The zero-order chi connectivity index (χ0) is 14.8. The largest absolute Gasteiger partial charge is 0.375 e. The molecule has 1 unspecified atom stereocenters. The van der Waals surface area contributed by atoms with Gasteiger partial charge in [0.25, 0.3) is 0 Å². The molecule has 1 aromatic carbocycles. The minimum atomic E-state index is -0.0754. The van der Waals surface area contributed by atoms with Crippen LogP contribution in [0.5, 0.6) is 0 Å². The summed E-state index contributed by atoms with van der Waals surface area (Å²) in [5.74, 6) is 0.168. The Hall–Kier alpha value is -1.63. The summed E-state index contributed by atoms with van der Waals surface area (Å²) in [6.45, 7) is 1.47. The number of thiazole rings is 1. The van der Waals surface area contributed by atoms with Gasteiger partial charge >= 0.3 is 0 Å². The first-order valence-electron chi connectivity index (χ1n) is 6.92. The van der Waals surface area contributed by atoms with Crippen LogP contribution in [-0.2, 0) is 11.3 Å². The maximum Gasteiger partial charge on any atom is 0.244 e. The Morgan fingerprint density at radius 1 is 1.41 bits per heavy atom. The van der Waals surface area contributed by atoms with Gasteiger partial charge < -0.3 is 10.6 Å². The van der Waals surface area contributed by atoms with Crippen LogP contribution in [0.25, 0.3) is 0 Å². The summed E-state index contributed by atoms with van der Waals surface area (Å²) in [5.41, 5.74) is 6.62. The maximum absolute atomic E-state index is 12.6. The Morgan fingerprint density at radius 2 is 2.14 bits per heavy atom. The predicted octanol–water partition coefficient (Wildman–Crippen LogP) is 2.38. The Labute approximate surface area is 140 Å². The molecule has 5 nitrogen and oxygen atoms in total. The van der Waals surface area contributed by atoms with Crippen molar-refractivity contribution in [2.24, 2.45) is 0 Å². The molecule has 0 saturated carbocycles. The second kappa shape index (κ2) is 7.09. The van der Waals surface area contributed by atoms with E-state index in [1.54, 1.807) is 6.20 Å². The van der Waals surface area contributed by atoms with Gasteiger partial charge in [0.15, 0.2) is 5.13 Å². The summed E-state index contributed by atoms with van der Waals surface area (Å²) in [4.78, 5) is 21.7. The van der Waals surface area contributed by atoms with Gasteiger partial charge in [-0.15, -0.1) is 23.7 Å². The summed E-state index contributed by atoms with van der Waals surface area (Å²) < 4.78 is 0. The van der Waals surface area contributed by atoms with Gasteiger partial charge in [-0.2, -0.15) is 0 Å². The molecule has 1 fully saturated rings. The summed E-state index contributed by atoms with van der Waals surface area (Å²) in [6, 6.07) is 9.75. The van der Waals surface area contributed by atoms with Crippen molar-refractivity contribution in [3.05, 3.63) is 41.4 Å². The van der Waals surface area contributed by atoms with Crippen LogP contribution in [0.15, 0.2) is 36.5 Å². The second-order valence-corrected chi connectivity index (χ2v) is 6.36. The number of hydrogen-bond donors (Lipinski definition) is 1. The Balaban J connectivity index is 0.00000176. The van der Waals surface area contributed by atoms with Crippen molar-refractivity contribution in [3.63, 3.8) is 0 Å². The van der Waals surface area contributed by atoms with Crippen molar-refractivity contribution < 1.29 is 4.79 Å². The quantitative estimate of drug-likeness (QED) is 0.929. The Morgan fingerprint density at radius 3 is 2.77 bits per heavy atom. The van der Waals surface area contributed by atoms with Gasteiger partial charge in [-0.05, 0) is 25.6 Å². The molecular weight excluding hydrogens is 320 g/mol. The minimum Gasteiger partial charge on any atom is -0.375 e. The normalized spacial score (nSPS) is 17.8. The van der Waals surface area contributed by atoms with Crippen LogP contribution in [0.1, 0.15) is 11.3 Å². The van der Waals surface area contributed by atoms with E-state index < -0.39 is 0 Å². The van der Waals surface area contributed by atoms with Crippen LogP contribution in [0.2, 0.25) is 0 Å². The zero-order valence-corrected chi connectivity index (χ0v) is 13.9. The molecule has 2 N–H and O–H groups in total. The second-order valence-electron chi connectivity index (χ2n) is 5.21. The number of nitrogens with zero attached hydrogens (tertiary/aromatic N) is 3. The number of nitrogen functional groups attached to an aromatic ring is 1. The van der Waals surface area contributed by atoms with Gasteiger partial charge in [0.05, 0.1) is 6.04 Å². The molecule has 2 heterocycles.